The Labute approximate surface area is 259 Å². The molecule has 11 heteroatoms. The zero-order chi connectivity index (χ0) is 30.4. The van der Waals surface area contributed by atoms with Gasteiger partial charge in [0.05, 0.1) is 12.2 Å². The van der Waals surface area contributed by atoms with Crippen molar-refractivity contribution in [2.24, 2.45) is 0 Å². The number of likely N-dealkylation sites (tertiary alicyclic amines) is 1. The highest BCUT2D eigenvalue weighted by Crippen LogP contribution is 2.44. The zero-order valence-corrected chi connectivity index (χ0v) is 25.4. The van der Waals surface area contributed by atoms with Gasteiger partial charge in [-0.15, -0.1) is 0 Å². The van der Waals surface area contributed by atoms with Crippen LogP contribution in [0.15, 0.2) is 42.5 Å². The Balaban J connectivity index is 1.19. The summed E-state index contributed by atoms with van der Waals surface area (Å²) in [6.45, 7) is 4.98. The Hall–Kier alpha value is -4.14. The smallest absolute Gasteiger partial charge is 0.236 e. The van der Waals surface area contributed by atoms with Crippen LogP contribution in [0, 0.1) is 23.0 Å². The molecule has 0 N–H and O–H groups in total. The second-order valence-electron chi connectivity index (χ2n) is 11.9. The largest absolute Gasteiger partial charge is 0.369 e. The number of rotatable bonds is 7. The predicted octanol–water partition coefficient (Wildman–Crippen LogP) is 5.90. The van der Waals surface area contributed by atoms with Gasteiger partial charge in [-0.2, -0.15) is 5.26 Å². The van der Waals surface area contributed by atoms with Gasteiger partial charge in [-0.05, 0) is 68.1 Å². The Kier molecular flexibility index (Phi) is 7.64. The fourth-order valence-electron chi connectivity index (χ4n) is 6.18. The van der Waals surface area contributed by atoms with Gasteiger partial charge in [-0.25, -0.2) is 18.7 Å². The molecule has 2 saturated heterocycles. The number of nitriles is 1. The van der Waals surface area contributed by atoms with Gasteiger partial charge in [-0.1, -0.05) is 11.3 Å². The van der Waals surface area contributed by atoms with E-state index in [1.54, 1.807) is 18.2 Å². The summed E-state index contributed by atoms with van der Waals surface area (Å²) in [6, 6.07) is 13.8. The number of benzene rings is 2. The number of anilines is 3. The van der Waals surface area contributed by atoms with E-state index in [1.165, 1.54) is 23.5 Å². The summed E-state index contributed by atoms with van der Waals surface area (Å²) < 4.78 is 29.4. The van der Waals surface area contributed by atoms with E-state index in [4.69, 9.17) is 9.97 Å². The van der Waals surface area contributed by atoms with Crippen LogP contribution in [0.3, 0.4) is 0 Å². The molecule has 0 bridgehead atoms. The van der Waals surface area contributed by atoms with Crippen molar-refractivity contribution in [2.45, 2.75) is 31.6 Å². The fraction of sp³-hybridized carbons (Fsp3) is 0.394. The second kappa shape index (κ2) is 11.7. The molecule has 44 heavy (non-hydrogen) atoms. The predicted molar refractivity (Wildman–Crippen MR) is 168 cm³/mol. The Morgan fingerprint density at radius 3 is 2.43 bits per heavy atom. The van der Waals surface area contributed by atoms with Crippen molar-refractivity contribution in [3.05, 3.63) is 64.7 Å². The van der Waals surface area contributed by atoms with Gasteiger partial charge in [0.2, 0.25) is 5.91 Å². The van der Waals surface area contributed by atoms with Gasteiger partial charge in [0.25, 0.3) is 0 Å². The third-order valence-electron chi connectivity index (χ3n) is 8.88. The van der Waals surface area contributed by atoms with Crippen LogP contribution in [-0.4, -0.2) is 78.5 Å². The van der Waals surface area contributed by atoms with Gasteiger partial charge in [0, 0.05) is 74.6 Å². The standard InChI is InChI=1S/C33H33F2N7OS/c1-39(33-38-31(29(19-36)44-33)22-6-8-23(34)9-7-22)28-18-27(21-4-5-21)37-32-25(28)16-24(17-26(32)35)41-14-12-40(13-15-41)20-30(43)42-10-2-3-11-42/h6-9,16-18,21H,2-5,10-15,20H2,1H3. The highest BCUT2D eigenvalue weighted by molar-refractivity contribution is 7.16. The molecule has 226 valence electrons. The van der Waals surface area contributed by atoms with E-state index in [2.05, 4.69) is 15.9 Å². The van der Waals surface area contributed by atoms with E-state index < -0.39 is 0 Å². The molecule has 1 aliphatic carbocycles. The van der Waals surface area contributed by atoms with Crippen molar-refractivity contribution in [1.29, 1.82) is 5.26 Å². The quantitative estimate of drug-likeness (QED) is 0.257. The van der Waals surface area contributed by atoms with Crippen molar-refractivity contribution in [3.8, 4) is 17.3 Å². The Bertz CT molecular complexity index is 1750. The monoisotopic (exact) mass is 613 g/mol. The molecule has 0 spiro atoms. The van der Waals surface area contributed by atoms with Crippen LogP contribution in [-0.2, 0) is 4.79 Å². The number of amides is 1. The van der Waals surface area contributed by atoms with Gasteiger partial charge in [-0.3, -0.25) is 9.69 Å². The van der Waals surface area contributed by atoms with Crippen LogP contribution < -0.4 is 9.80 Å². The summed E-state index contributed by atoms with van der Waals surface area (Å²) in [4.78, 5) is 30.8. The molecule has 4 aromatic rings. The van der Waals surface area contributed by atoms with E-state index in [0.717, 1.165) is 68.9 Å². The van der Waals surface area contributed by atoms with Crippen LogP contribution >= 0.6 is 11.3 Å². The highest BCUT2D eigenvalue weighted by atomic mass is 32.1. The Morgan fingerprint density at radius 1 is 1.02 bits per heavy atom. The fourth-order valence-corrected chi connectivity index (χ4v) is 7.04. The number of thiazole rings is 1. The molecule has 3 fully saturated rings. The summed E-state index contributed by atoms with van der Waals surface area (Å²) in [7, 11) is 1.88. The minimum atomic E-state index is -0.370. The van der Waals surface area contributed by atoms with Crippen molar-refractivity contribution < 1.29 is 13.6 Å². The molecule has 0 radical (unpaired) electrons. The highest BCUT2D eigenvalue weighted by Gasteiger charge is 2.29. The summed E-state index contributed by atoms with van der Waals surface area (Å²) in [5.41, 5.74) is 3.89. The molecule has 3 aliphatic rings. The topological polar surface area (TPSA) is 79.6 Å². The first kappa shape index (κ1) is 28.6. The van der Waals surface area contributed by atoms with E-state index in [9.17, 15) is 14.4 Å². The first-order valence-corrected chi connectivity index (χ1v) is 16.0. The SMILES string of the molecule is CN(c1nc(-c2ccc(F)cc2)c(C#N)s1)c1cc(C2CC2)nc2c(F)cc(N3CCN(CC(=O)N4CCCC4)CC3)cc12. The van der Waals surface area contributed by atoms with E-state index in [1.807, 2.05) is 29.0 Å². The summed E-state index contributed by atoms with van der Waals surface area (Å²) in [6.07, 6.45) is 4.21. The molecule has 7 rings (SSSR count). The maximum atomic E-state index is 15.9. The lowest BCUT2D eigenvalue weighted by Gasteiger charge is -2.36. The molecule has 0 unspecified atom stereocenters. The van der Waals surface area contributed by atoms with Crippen LogP contribution in [0.4, 0.5) is 25.3 Å². The van der Waals surface area contributed by atoms with Crippen molar-refractivity contribution in [1.82, 2.24) is 19.8 Å². The average Bonchev–Trinajstić information content (AvgIpc) is 3.55. The normalized spacial score (nSPS) is 17.3. The molecular weight excluding hydrogens is 580 g/mol. The van der Waals surface area contributed by atoms with Crippen LogP contribution in [0.25, 0.3) is 22.2 Å². The number of piperazine rings is 1. The summed E-state index contributed by atoms with van der Waals surface area (Å²) >= 11 is 1.25. The summed E-state index contributed by atoms with van der Waals surface area (Å²) in [5, 5.41) is 11.1. The number of halogens is 2. The van der Waals surface area contributed by atoms with Gasteiger partial charge in [0.1, 0.15) is 28.0 Å². The summed E-state index contributed by atoms with van der Waals surface area (Å²) in [5.74, 6) is -0.222. The number of nitrogens with zero attached hydrogens (tertiary/aromatic N) is 7. The van der Waals surface area contributed by atoms with Gasteiger partial charge < -0.3 is 14.7 Å². The lowest BCUT2D eigenvalue weighted by molar-refractivity contribution is -0.131. The molecule has 2 aromatic carbocycles. The zero-order valence-electron chi connectivity index (χ0n) is 24.6. The molecule has 1 saturated carbocycles. The number of carbonyl (C=O) groups is 1. The van der Waals surface area contributed by atoms with Crippen LogP contribution in [0.1, 0.15) is 42.2 Å². The van der Waals surface area contributed by atoms with Crippen molar-refractivity contribution in [2.75, 3.05) is 62.7 Å². The Morgan fingerprint density at radius 2 is 1.75 bits per heavy atom. The van der Waals surface area contributed by atoms with E-state index in [-0.39, 0.29) is 17.5 Å². The molecular formula is C33H33F2N7OS. The first-order chi connectivity index (χ1) is 21.4. The molecule has 1 amide bonds. The van der Waals surface area contributed by atoms with Crippen LogP contribution in [0.5, 0.6) is 0 Å². The van der Waals surface area contributed by atoms with Gasteiger partial charge in [0.15, 0.2) is 10.9 Å². The molecule has 4 heterocycles. The molecule has 8 nitrogen and oxygen atoms in total. The van der Waals surface area contributed by atoms with E-state index in [0.29, 0.717) is 57.7 Å². The third kappa shape index (κ3) is 5.60. The first-order valence-electron chi connectivity index (χ1n) is 15.2. The van der Waals surface area contributed by atoms with Crippen molar-refractivity contribution in [3.63, 3.8) is 0 Å². The number of hydrogen-bond donors (Lipinski definition) is 0. The number of pyridine rings is 1. The molecule has 2 aliphatic heterocycles. The van der Waals surface area contributed by atoms with E-state index >= 15 is 4.39 Å². The van der Waals surface area contributed by atoms with Crippen molar-refractivity contribution >= 4 is 44.7 Å². The average molecular weight is 614 g/mol. The number of fused-ring (bicyclic) bond motifs is 1. The molecule has 0 atom stereocenters. The third-order valence-corrected chi connectivity index (χ3v) is 9.92. The maximum absolute atomic E-state index is 15.9. The number of carbonyl (C=O) groups excluding carboxylic acids is 1. The van der Waals surface area contributed by atoms with Crippen LogP contribution in [0.2, 0.25) is 0 Å². The minimum Gasteiger partial charge on any atom is -0.369 e. The minimum absolute atomic E-state index is 0.197. The lowest BCUT2D eigenvalue weighted by Crippen LogP contribution is -2.49. The molecule has 2 aromatic heterocycles. The second-order valence-corrected chi connectivity index (χ2v) is 12.8. The number of aromatic nitrogens is 2. The number of hydrogen-bond acceptors (Lipinski definition) is 8. The maximum Gasteiger partial charge on any atom is 0.236 e. The lowest BCUT2D eigenvalue weighted by atomic mass is 10.1. The van der Waals surface area contributed by atoms with Gasteiger partial charge >= 0.3 is 0 Å².